The number of methoxy groups -OCH3 is 1. The number of fused-ring (bicyclic) bond motifs is 2. The summed E-state index contributed by atoms with van der Waals surface area (Å²) in [6.07, 6.45) is 6.48. The van der Waals surface area contributed by atoms with E-state index in [-0.39, 0.29) is 17.9 Å². The molecular weight excluding hydrogens is 469 g/mol. The Labute approximate surface area is 212 Å². The summed E-state index contributed by atoms with van der Waals surface area (Å²) in [5.41, 5.74) is 2.30. The third-order valence-corrected chi connectivity index (χ3v) is 8.22. The highest BCUT2D eigenvalue weighted by Gasteiger charge is 2.46. The molecule has 0 spiro atoms. The van der Waals surface area contributed by atoms with E-state index in [1.165, 1.54) is 12.0 Å². The zero-order chi connectivity index (χ0) is 23.7. The molecule has 0 aromatic heterocycles. The number of rotatable bonds is 6. The molecule has 34 heavy (non-hydrogen) atoms. The minimum Gasteiger partial charge on any atom is -0.497 e. The predicted octanol–water partition coefficient (Wildman–Crippen LogP) is 5.53. The number of halogens is 2. The van der Waals surface area contributed by atoms with E-state index in [4.69, 9.17) is 27.9 Å². The van der Waals surface area contributed by atoms with Crippen molar-refractivity contribution in [2.45, 2.75) is 63.2 Å². The van der Waals surface area contributed by atoms with Gasteiger partial charge < -0.3 is 15.0 Å². The second kappa shape index (κ2) is 10.3. The standard InChI is InChI=1S/C27H33Cl2N3O2/c1-34-24-8-5-18(6-9-24)16-32-22-7-10-26(32)25(15-22)30-27(33)19-4-2-3-11-31(17-19)23-13-20(28)12-21(29)14-23/h5-6,8-9,12-14,19,22,25-26H,2-4,7,10-11,15-17H2,1H3,(H,30,33)/t19?,22-,25+,26+/m0/s1. The van der Waals surface area contributed by atoms with Crippen LogP contribution in [0.15, 0.2) is 42.5 Å². The lowest BCUT2D eigenvalue weighted by Crippen LogP contribution is -2.47. The molecule has 2 bridgehead atoms. The molecule has 2 aromatic rings. The first kappa shape index (κ1) is 23.8. The Morgan fingerprint density at radius 2 is 1.82 bits per heavy atom. The monoisotopic (exact) mass is 501 g/mol. The maximum atomic E-state index is 13.4. The van der Waals surface area contributed by atoms with Gasteiger partial charge in [0.1, 0.15) is 5.75 Å². The fourth-order valence-electron chi connectivity index (χ4n) is 6.06. The summed E-state index contributed by atoms with van der Waals surface area (Å²) in [5.74, 6) is 1.06. The van der Waals surface area contributed by atoms with Crippen LogP contribution in [0.2, 0.25) is 10.0 Å². The van der Waals surface area contributed by atoms with Crippen LogP contribution in [0.25, 0.3) is 0 Å². The predicted molar refractivity (Wildman–Crippen MR) is 138 cm³/mol. The second-order valence-corrected chi connectivity index (χ2v) is 10.8. The number of nitrogens with one attached hydrogen (secondary N) is 1. The molecule has 0 radical (unpaired) electrons. The van der Waals surface area contributed by atoms with Gasteiger partial charge in [-0.15, -0.1) is 0 Å². The van der Waals surface area contributed by atoms with Gasteiger partial charge in [-0.2, -0.15) is 0 Å². The normalized spacial score (nSPS) is 27.0. The van der Waals surface area contributed by atoms with Crippen LogP contribution >= 0.6 is 23.2 Å². The Morgan fingerprint density at radius 3 is 2.56 bits per heavy atom. The Kier molecular flexibility index (Phi) is 7.24. The number of amides is 1. The quantitative estimate of drug-likeness (QED) is 0.564. The number of anilines is 1. The van der Waals surface area contributed by atoms with E-state index in [1.807, 2.05) is 24.3 Å². The lowest BCUT2D eigenvalue weighted by atomic mass is 9.94. The van der Waals surface area contributed by atoms with E-state index in [9.17, 15) is 4.79 Å². The molecule has 2 aromatic carbocycles. The van der Waals surface area contributed by atoms with Crippen LogP contribution in [-0.2, 0) is 11.3 Å². The molecule has 3 aliphatic heterocycles. The highest BCUT2D eigenvalue weighted by molar-refractivity contribution is 6.35. The molecule has 1 amide bonds. The van der Waals surface area contributed by atoms with Gasteiger partial charge in [0.05, 0.1) is 13.0 Å². The summed E-state index contributed by atoms with van der Waals surface area (Å²) in [6, 6.07) is 15.2. The molecule has 0 saturated carbocycles. The Morgan fingerprint density at radius 1 is 1.06 bits per heavy atom. The molecule has 7 heteroatoms. The smallest absolute Gasteiger partial charge is 0.225 e. The zero-order valence-corrected chi connectivity index (χ0v) is 21.2. The van der Waals surface area contributed by atoms with E-state index >= 15 is 0 Å². The van der Waals surface area contributed by atoms with Crippen LogP contribution in [0.3, 0.4) is 0 Å². The molecule has 0 aliphatic carbocycles. The lowest BCUT2D eigenvalue weighted by molar-refractivity contribution is -0.125. The van der Waals surface area contributed by atoms with Gasteiger partial charge in [0.2, 0.25) is 5.91 Å². The van der Waals surface area contributed by atoms with Crippen molar-refractivity contribution < 1.29 is 9.53 Å². The highest BCUT2D eigenvalue weighted by atomic mass is 35.5. The van der Waals surface area contributed by atoms with Gasteiger partial charge in [-0.1, -0.05) is 41.8 Å². The fraction of sp³-hybridized carbons (Fsp3) is 0.519. The largest absolute Gasteiger partial charge is 0.497 e. The number of benzene rings is 2. The van der Waals surface area contributed by atoms with Crippen LogP contribution in [0.4, 0.5) is 5.69 Å². The summed E-state index contributed by atoms with van der Waals surface area (Å²) < 4.78 is 5.29. The van der Waals surface area contributed by atoms with Crippen molar-refractivity contribution >= 4 is 34.8 Å². The number of hydrogen-bond acceptors (Lipinski definition) is 4. The van der Waals surface area contributed by atoms with Gasteiger partial charge in [0.15, 0.2) is 0 Å². The molecule has 4 atom stereocenters. The van der Waals surface area contributed by atoms with Crippen LogP contribution in [-0.4, -0.2) is 49.1 Å². The summed E-state index contributed by atoms with van der Waals surface area (Å²) in [7, 11) is 1.70. The van der Waals surface area contributed by atoms with Gasteiger partial charge in [-0.05, 0) is 68.0 Å². The van der Waals surface area contributed by atoms with E-state index < -0.39 is 0 Å². The molecule has 1 unspecified atom stereocenters. The molecule has 182 valence electrons. The fourth-order valence-corrected chi connectivity index (χ4v) is 6.57. The van der Waals surface area contributed by atoms with Crippen molar-refractivity contribution in [3.05, 3.63) is 58.1 Å². The van der Waals surface area contributed by atoms with E-state index in [1.54, 1.807) is 13.2 Å². The molecule has 5 nitrogen and oxygen atoms in total. The molecule has 3 fully saturated rings. The Hall–Kier alpha value is -1.95. The van der Waals surface area contributed by atoms with Crippen LogP contribution in [0, 0.1) is 5.92 Å². The molecule has 1 N–H and O–H groups in total. The van der Waals surface area contributed by atoms with Gasteiger partial charge >= 0.3 is 0 Å². The van der Waals surface area contributed by atoms with Gasteiger partial charge in [-0.25, -0.2) is 0 Å². The topological polar surface area (TPSA) is 44.8 Å². The molecule has 3 saturated heterocycles. The minimum atomic E-state index is -0.0191. The SMILES string of the molecule is COc1ccc(CN2[C@H]3CC[C@@H]2[C@H](NC(=O)C2CCCCN(c4cc(Cl)cc(Cl)c4)C2)C3)cc1. The second-order valence-electron chi connectivity index (χ2n) is 9.94. The Bertz CT molecular complexity index is 995. The lowest BCUT2D eigenvalue weighted by Gasteiger charge is -2.29. The van der Waals surface area contributed by atoms with Crippen molar-refractivity contribution in [1.82, 2.24) is 10.2 Å². The van der Waals surface area contributed by atoms with Crippen molar-refractivity contribution in [2.75, 3.05) is 25.1 Å². The summed E-state index contributed by atoms with van der Waals surface area (Å²) in [4.78, 5) is 18.3. The maximum Gasteiger partial charge on any atom is 0.225 e. The van der Waals surface area contributed by atoms with E-state index in [2.05, 4.69) is 27.2 Å². The van der Waals surface area contributed by atoms with Crippen molar-refractivity contribution in [3.63, 3.8) is 0 Å². The van der Waals surface area contributed by atoms with E-state index in [0.29, 0.717) is 28.7 Å². The van der Waals surface area contributed by atoms with Gasteiger partial charge in [0, 0.05) is 53.5 Å². The maximum absolute atomic E-state index is 13.4. The summed E-state index contributed by atoms with van der Waals surface area (Å²) >= 11 is 12.5. The van der Waals surface area contributed by atoms with Gasteiger partial charge in [-0.3, -0.25) is 9.69 Å². The van der Waals surface area contributed by atoms with Crippen molar-refractivity contribution in [2.24, 2.45) is 5.92 Å². The first-order valence-corrected chi connectivity index (χ1v) is 13.2. The number of nitrogens with zero attached hydrogens (tertiary/aromatic N) is 2. The number of ether oxygens (including phenoxy) is 1. The van der Waals surface area contributed by atoms with Crippen LogP contribution < -0.4 is 15.0 Å². The molecular formula is C27H33Cl2N3O2. The van der Waals surface area contributed by atoms with Crippen molar-refractivity contribution in [1.29, 1.82) is 0 Å². The summed E-state index contributed by atoms with van der Waals surface area (Å²) in [6.45, 7) is 2.56. The highest BCUT2D eigenvalue weighted by Crippen LogP contribution is 2.39. The first-order valence-electron chi connectivity index (χ1n) is 12.4. The number of carbonyl (C=O) groups excluding carboxylic acids is 1. The average Bonchev–Trinajstić information content (AvgIpc) is 3.22. The molecule has 3 heterocycles. The molecule has 5 rings (SSSR count). The average molecular weight is 502 g/mol. The first-order chi connectivity index (χ1) is 16.5. The minimum absolute atomic E-state index is 0.0191. The number of hydrogen-bond donors (Lipinski definition) is 1. The van der Waals surface area contributed by atoms with Crippen LogP contribution in [0.5, 0.6) is 5.75 Å². The van der Waals surface area contributed by atoms with Gasteiger partial charge in [0.25, 0.3) is 0 Å². The van der Waals surface area contributed by atoms with E-state index in [0.717, 1.165) is 56.6 Å². The van der Waals surface area contributed by atoms with Crippen LogP contribution in [0.1, 0.15) is 44.1 Å². The summed E-state index contributed by atoms with van der Waals surface area (Å²) in [5, 5.41) is 4.72. The molecule has 3 aliphatic rings. The van der Waals surface area contributed by atoms with Crippen molar-refractivity contribution in [3.8, 4) is 5.75 Å². The third kappa shape index (κ3) is 5.17. The Balaban J connectivity index is 1.22. The third-order valence-electron chi connectivity index (χ3n) is 7.79. The zero-order valence-electron chi connectivity index (χ0n) is 19.7. The number of carbonyl (C=O) groups is 1.